The average Bonchev–Trinajstić information content (AvgIpc) is 3.00. The topological polar surface area (TPSA) is 88.3 Å². The number of ether oxygens (including phenoxy) is 1. The molecule has 2 rings (SSSR count). The van der Waals surface area contributed by atoms with Gasteiger partial charge in [-0.25, -0.2) is 9.18 Å². The Bertz CT molecular complexity index is 803. The van der Waals surface area contributed by atoms with Crippen molar-refractivity contribution in [2.45, 2.75) is 20.0 Å². The number of halogens is 2. The number of hydrogen-bond donors (Lipinski definition) is 2. The van der Waals surface area contributed by atoms with E-state index in [2.05, 4.69) is 26.2 Å². The molecule has 1 heterocycles. The van der Waals surface area contributed by atoms with Crippen molar-refractivity contribution in [1.29, 1.82) is 0 Å². The van der Waals surface area contributed by atoms with E-state index in [9.17, 15) is 18.8 Å². The Morgan fingerprint density at radius 1 is 1.29 bits per heavy atom. The Balaban J connectivity index is 2.00. The lowest BCUT2D eigenvalue weighted by Crippen LogP contribution is -2.30. The van der Waals surface area contributed by atoms with Crippen molar-refractivity contribution in [2.75, 3.05) is 5.32 Å². The molecule has 24 heavy (non-hydrogen) atoms. The summed E-state index contributed by atoms with van der Waals surface area (Å²) in [6.45, 7) is 2.72. The molecule has 0 unspecified atom stereocenters. The minimum absolute atomic E-state index is 0.0233. The van der Waals surface area contributed by atoms with Crippen molar-refractivity contribution in [3.8, 4) is 0 Å². The van der Waals surface area contributed by atoms with Crippen LogP contribution in [0.2, 0.25) is 0 Å². The van der Waals surface area contributed by atoms with Crippen molar-refractivity contribution < 1.29 is 23.5 Å². The van der Waals surface area contributed by atoms with E-state index >= 15 is 0 Å². The van der Waals surface area contributed by atoms with Crippen molar-refractivity contribution in [3.63, 3.8) is 0 Å². The summed E-state index contributed by atoms with van der Waals surface area (Å²) >= 11 is 3.11. The number of carbonyl (C=O) groups excluding carboxylic acids is 3. The molecule has 0 fully saturated rings. The van der Waals surface area contributed by atoms with Gasteiger partial charge in [0.1, 0.15) is 11.5 Å². The van der Waals surface area contributed by atoms with E-state index in [1.807, 2.05) is 0 Å². The lowest BCUT2D eigenvalue weighted by atomic mass is 10.2. The number of benzene rings is 1. The molecule has 2 aromatic rings. The zero-order chi connectivity index (χ0) is 17.9. The summed E-state index contributed by atoms with van der Waals surface area (Å²) in [7, 11) is 0. The van der Waals surface area contributed by atoms with E-state index in [0.717, 1.165) is 0 Å². The summed E-state index contributed by atoms with van der Waals surface area (Å²) in [6, 6.07) is 5.49. The maximum atomic E-state index is 13.7. The Hall–Kier alpha value is -2.48. The van der Waals surface area contributed by atoms with Gasteiger partial charge in [-0.2, -0.15) is 0 Å². The molecule has 0 aliphatic carbocycles. The first-order valence-electron chi connectivity index (χ1n) is 6.94. The highest BCUT2D eigenvalue weighted by atomic mass is 79.9. The number of aromatic amines is 1. The molecule has 0 saturated carbocycles. The van der Waals surface area contributed by atoms with Gasteiger partial charge in [0.05, 0.1) is 5.69 Å². The van der Waals surface area contributed by atoms with Gasteiger partial charge in [0.15, 0.2) is 11.9 Å². The third-order valence-corrected chi connectivity index (χ3v) is 3.64. The fourth-order valence-corrected chi connectivity index (χ4v) is 2.15. The molecule has 1 amide bonds. The van der Waals surface area contributed by atoms with E-state index in [-0.39, 0.29) is 17.2 Å². The smallest absolute Gasteiger partial charge is 0.355 e. The first-order valence-corrected chi connectivity index (χ1v) is 7.73. The van der Waals surface area contributed by atoms with Gasteiger partial charge in [0.25, 0.3) is 5.91 Å². The van der Waals surface area contributed by atoms with Gasteiger partial charge in [0, 0.05) is 16.2 Å². The zero-order valence-corrected chi connectivity index (χ0v) is 14.4. The molecule has 1 aromatic heterocycles. The maximum Gasteiger partial charge on any atom is 0.355 e. The number of aromatic nitrogens is 1. The van der Waals surface area contributed by atoms with E-state index in [1.165, 1.54) is 38.2 Å². The molecule has 0 radical (unpaired) electrons. The van der Waals surface area contributed by atoms with Crippen LogP contribution in [0, 0.1) is 5.82 Å². The largest absolute Gasteiger partial charge is 0.448 e. The number of nitrogens with one attached hydrogen (secondary N) is 2. The number of H-pyrrole nitrogens is 1. The van der Waals surface area contributed by atoms with Gasteiger partial charge in [-0.15, -0.1) is 0 Å². The lowest BCUT2D eigenvalue weighted by Gasteiger charge is -2.13. The number of Topliss-reactive ketones (excluding diaryl/α,β-unsaturated/α-hetero) is 1. The predicted molar refractivity (Wildman–Crippen MR) is 88.4 cm³/mol. The number of amides is 1. The highest BCUT2D eigenvalue weighted by Crippen LogP contribution is 2.19. The second-order valence-electron chi connectivity index (χ2n) is 5.02. The molecule has 2 N–H and O–H groups in total. The second kappa shape index (κ2) is 7.39. The molecule has 1 atom stereocenters. The molecule has 6 nitrogen and oxygen atoms in total. The van der Waals surface area contributed by atoms with E-state index < -0.39 is 23.8 Å². The molecule has 8 heteroatoms. The van der Waals surface area contributed by atoms with Crippen molar-refractivity contribution >= 4 is 39.3 Å². The summed E-state index contributed by atoms with van der Waals surface area (Å²) in [5.41, 5.74) is 0.357. The predicted octanol–water partition coefficient (Wildman–Crippen LogP) is 3.30. The summed E-state index contributed by atoms with van der Waals surface area (Å²) < 4.78 is 19.2. The minimum Gasteiger partial charge on any atom is -0.448 e. The Labute approximate surface area is 145 Å². The van der Waals surface area contributed by atoms with Crippen molar-refractivity contribution in [1.82, 2.24) is 4.98 Å². The van der Waals surface area contributed by atoms with Gasteiger partial charge in [0.2, 0.25) is 0 Å². The summed E-state index contributed by atoms with van der Waals surface area (Å²) in [5, 5.41) is 2.34. The Morgan fingerprint density at radius 3 is 2.58 bits per heavy atom. The molecule has 126 valence electrons. The normalized spacial score (nSPS) is 11.7. The SMILES string of the molecule is CC(=O)c1c[nH]c(C(=O)O[C@@H](C)C(=O)Nc2ccc(Br)cc2F)c1. The van der Waals surface area contributed by atoms with Crippen molar-refractivity contribution in [3.05, 3.63) is 52.0 Å². The molecule has 0 spiro atoms. The maximum absolute atomic E-state index is 13.7. The first-order chi connectivity index (χ1) is 11.3. The average molecular weight is 397 g/mol. The molecule has 0 bridgehead atoms. The quantitative estimate of drug-likeness (QED) is 0.599. The summed E-state index contributed by atoms with van der Waals surface area (Å²) in [6.07, 6.45) is 0.227. The molecular weight excluding hydrogens is 383 g/mol. The van der Waals surface area contributed by atoms with Crippen LogP contribution in [0.4, 0.5) is 10.1 Å². The zero-order valence-electron chi connectivity index (χ0n) is 12.9. The summed E-state index contributed by atoms with van der Waals surface area (Å²) in [5.74, 6) is -2.29. The number of esters is 1. The van der Waals surface area contributed by atoms with E-state index in [4.69, 9.17) is 4.74 Å². The lowest BCUT2D eigenvalue weighted by molar-refractivity contribution is -0.123. The van der Waals surface area contributed by atoms with Gasteiger partial charge in [-0.1, -0.05) is 15.9 Å². The molecule has 0 saturated heterocycles. The van der Waals surface area contributed by atoms with Crippen LogP contribution in [-0.2, 0) is 9.53 Å². The van der Waals surface area contributed by atoms with Gasteiger partial charge in [-0.3, -0.25) is 9.59 Å². The van der Waals surface area contributed by atoms with Gasteiger partial charge in [-0.05, 0) is 38.1 Å². The molecule has 0 aliphatic rings. The number of ketones is 1. The van der Waals surface area contributed by atoms with Crippen LogP contribution >= 0.6 is 15.9 Å². The van der Waals surface area contributed by atoms with Crippen LogP contribution < -0.4 is 5.32 Å². The second-order valence-corrected chi connectivity index (χ2v) is 5.93. The van der Waals surface area contributed by atoms with Crippen LogP contribution in [-0.4, -0.2) is 28.7 Å². The van der Waals surface area contributed by atoms with Crippen LogP contribution in [0.15, 0.2) is 34.9 Å². The first kappa shape index (κ1) is 17.9. The number of hydrogen-bond acceptors (Lipinski definition) is 4. The monoisotopic (exact) mass is 396 g/mol. The highest BCUT2D eigenvalue weighted by Gasteiger charge is 2.21. The van der Waals surface area contributed by atoms with E-state index in [1.54, 1.807) is 6.07 Å². The minimum atomic E-state index is -1.15. The number of anilines is 1. The van der Waals surface area contributed by atoms with E-state index in [0.29, 0.717) is 10.0 Å². The molecular formula is C16H14BrFN2O4. The van der Waals surface area contributed by atoms with Gasteiger partial charge < -0.3 is 15.0 Å². The Morgan fingerprint density at radius 2 is 2.00 bits per heavy atom. The summed E-state index contributed by atoms with van der Waals surface area (Å²) in [4.78, 5) is 37.7. The Kier molecular flexibility index (Phi) is 5.50. The fraction of sp³-hybridized carbons (Fsp3) is 0.188. The van der Waals surface area contributed by atoms with Crippen LogP contribution in [0.1, 0.15) is 34.7 Å². The number of rotatable bonds is 5. The van der Waals surface area contributed by atoms with Crippen LogP contribution in [0.25, 0.3) is 0 Å². The van der Waals surface area contributed by atoms with Crippen LogP contribution in [0.3, 0.4) is 0 Å². The molecule has 1 aromatic carbocycles. The van der Waals surface area contributed by atoms with Crippen molar-refractivity contribution in [2.24, 2.45) is 0 Å². The van der Waals surface area contributed by atoms with Crippen LogP contribution in [0.5, 0.6) is 0 Å². The van der Waals surface area contributed by atoms with Gasteiger partial charge >= 0.3 is 5.97 Å². The standard InChI is InChI=1S/C16H14BrFN2O4/c1-8(21)10-5-14(19-7-10)16(23)24-9(2)15(22)20-13-4-3-11(17)6-12(13)18/h3-7,9,19H,1-2H3,(H,20,22)/t9-/m0/s1. The third kappa shape index (κ3) is 4.29. The third-order valence-electron chi connectivity index (χ3n) is 3.15. The fourth-order valence-electron chi connectivity index (χ4n) is 1.82. The number of carbonyl (C=O) groups is 3. The molecule has 0 aliphatic heterocycles. The highest BCUT2D eigenvalue weighted by molar-refractivity contribution is 9.10.